The number of carbonyl (C=O) groups is 1. The van der Waals surface area contributed by atoms with Crippen LogP contribution in [-0.4, -0.2) is 25.2 Å². The molecule has 1 aliphatic carbocycles. The van der Waals surface area contributed by atoms with Crippen molar-refractivity contribution < 1.29 is 9.53 Å². The SMILES string of the molecule is C[C@@H]1C[C@H]1C(=O)N[C@H]1CCCOC1. The van der Waals surface area contributed by atoms with Crippen molar-refractivity contribution in [2.75, 3.05) is 13.2 Å². The van der Waals surface area contributed by atoms with Gasteiger partial charge >= 0.3 is 0 Å². The van der Waals surface area contributed by atoms with Gasteiger partial charge in [0.05, 0.1) is 12.6 Å². The first-order chi connectivity index (χ1) is 6.27. The van der Waals surface area contributed by atoms with Gasteiger partial charge in [0.15, 0.2) is 0 Å². The number of amides is 1. The quantitative estimate of drug-likeness (QED) is 0.692. The first-order valence-corrected chi connectivity index (χ1v) is 5.15. The van der Waals surface area contributed by atoms with Gasteiger partial charge in [-0.05, 0) is 25.2 Å². The van der Waals surface area contributed by atoms with Crippen LogP contribution in [0.25, 0.3) is 0 Å². The fourth-order valence-corrected chi connectivity index (χ4v) is 1.85. The molecule has 1 heterocycles. The lowest BCUT2D eigenvalue weighted by atomic mass is 10.1. The van der Waals surface area contributed by atoms with E-state index in [9.17, 15) is 4.79 Å². The Hall–Kier alpha value is -0.570. The molecular weight excluding hydrogens is 166 g/mol. The second kappa shape index (κ2) is 3.66. The van der Waals surface area contributed by atoms with Crippen LogP contribution in [0.4, 0.5) is 0 Å². The van der Waals surface area contributed by atoms with Crippen LogP contribution in [0.3, 0.4) is 0 Å². The Bertz CT molecular complexity index is 199. The molecule has 3 nitrogen and oxygen atoms in total. The van der Waals surface area contributed by atoms with Crippen LogP contribution in [0.2, 0.25) is 0 Å². The van der Waals surface area contributed by atoms with E-state index in [-0.39, 0.29) is 11.9 Å². The van der Waals surface area contributed by atoms with Crippen LogP contribution < -0.4 is 5.32 Å². The average Bonchev–Trinajstić information content (AvgIpc) is 2.84. The van der Waals surface area contributed by atoms with Gasteiger partial charge in [-0.25, -0.2) is 0 Å². The third-order valence-corrected chi connectivity index (χ3v) is 2.95. The summed E-state index contributed by atoms with van der Waals surface area (Å²) in [5.74, 6) is 1.13. The summed E-state index contributed by atoms with van der Waals surface area (Å²) < 4.78 is 5.30. The highest BCUT2D eigenvalue weighted by atomic mass is 16.5. The number of carbonyl (C=O) groups excluding carboxylic acids is 1. The second-order valence-electron chi connectivity index (χ2n) is 4.24. The Morgan fingerprint density at radius 1 is 1.54 bits per heavy atom. The van der Waals surface area contributed by atoms with Gasteiger partial charge in [0.2, 0.25) is 5.91 Å². The number of hydrogen-bond acceptors (Lipinski definition) is 2. The predicted octanol–water partition coefficient (Wildman–Crippen LogP) is 0.938. The molecule has 3 heteroatoms. The highest BCUT2D eigenvalue weighted by molar-refractivity contribution is 5.81. The van der Waals surface area contributed by atoms with E-state index in [2.05, 4.69) is 12.2 Å². The lowest BCUT2D eigenvalue weighted by Gasteiger charge is -2.23. The molecule has 2 fully saturated rings. The zero-order chi connectivity index (χ0) is 9.26. The molecule has 0 spiro atoms. The third kappa shape index (κ3) is 2.21. The zero-order valence-electron chi connectivity index (χ0n) is 8.08. The fraction of sp³-hybridized carbons (Fsp3) is 0.900. The molecule has 3 atom stereocenters. The van der Waals surface area contributed by atoms with E-state index in [0.717, 1.165) is 25.9 Å². The van der Waals surface area contributed by atoms with Gasteiger partial charge in [0, 0.05) is 12.5 Å². The summed E-state index contributed by atoms with van der Waals surface area (Å²) in [5.41, 5.74) is 0. The van der Waals surface area contributed by atoms with Gasteiger partial charge in [-0.1, -0.05) is 6.92 Å². The Morgan fingerprint density at radius 3 is 2.85 bits per heavy atom. The fourth-order valence-electron chi connectivity index (χ4n) is 1.85. The van der Waals surface area contributed by atoms with E-state index in [0.29, 0.717) is 18.4 Å². The third-order valence-electron chi connectivity index (χ3n) is 2.95. The molecule has 1 saturated heterocycles. The van der Waals surface area contributed by atoms with Crippen molar-refractivity contribution in [2.45, 2.75) is 32.2 Å². The van der Waals surface area contributed by atoms with Crippen LogP contribution in [-0.2, 0) is 9.53 Å². The number of hydrogen-bond donors (Lipinski definition) is 1. The van der Waals surface area contributed by atoms with Crippen molar-refractivity contribution in [2.24, 2.45) is 11.8 Å². The standard InChI is InChI=1S/C10H17NO2/c1-7-5-9(7)10(12)11-8-3-2-4-13-6-8/h7-9H,2-6H2,1H3,(H,11,12)/t7-,8+,9-/m1/s1. The van der Waals surface area contributed by atoms with Gasteiger partial charge in [-0.3, -0.25) is 4.79 Å². The van der Waals surface area contributed by atoms with Crippen LogP contribution in [0.1, 0.15) is 26.2 Å². The van der Waals surface area contributed by atoms with Gasteiger partial charge in [-0.2, -0.15) is 0 Å². The molecule has 74 valence electrons. The summed E-state index contributed by atoms with van der Waals surface area (Å²) >= 11 is 0. The summed E-state index contributed by atoms with van der Waals surface area (Å²) in [4.78, 5) is 11.5. The minimum atomic E-state index is 0.239. The number of nitrogens with one attached hydrogen (secondary N) is 1. The van der Waals surface area contributed by atoms with Crippen LogP contribution in [0.5, 0.6) is 0 Å². The number of ether oxygens (including phenoxy) is 1. The summed E-state index contributed by atoms with van der Waals surface area (Å²) in [5, 5.41) is 3.05. The van der Waals surface area contributed by atoms with Crippen LogP contribution in [0.15, 0.2) is 0 Å². The zero-order valence-corrected chi connectivity index (χ0v) is 8.08. The molecule has 0 aromatic heterocycles. The highest BCUT2D eigenvalue weighted by Gasteiger charge is 2.39. The molecule has 2 aliphatic rings. The number of rotatable bonds is 2. The van der Waals surface area contributed by atoms with Crippen LogP contribution >= 0.6 is 0 Å². The maximum atomic E-state index is 11.5. The van der Waals surface area contributed by atoms with Crippen molar-refractivity contribution in [3.8, 4) is 0 Å². The second-order valence-corrected chi connectivity index (χ2v) is 4.24. The Balaban J connectivity index is 1.73. The molecule has 1 aliphatic heterocycles. The van der Waals surface area contributed by atoms with E-state index >= 15 is 0 Å². The van der Waals surface area contributed by atoms with Crippen molar-refractivity contribution >= 4 is 5.91 Å². The monoisotopic (exact) mass is 183 g/mol. The molecule has 1 saturated carbocycles. The van der Waals surface area contributed by atoms with E-state index in [4.69, 9.17) is 4.74 Å². The van der Waals surface area contributed by atoms with E-state index in [1.165, 1.54) is 0 Å². The summed E-state index contributed by atoms with van der Waals surface area (Å²) in [7, 11) is 0. The van der Waals surface area contributed by atoms with Crippen LogP contribution in [0, 0.1) is 11.8 Å². The Morgan fingerprint density at radius 2 is 2.31 bits per heavy atom. The van der Waals surface area contributed by atoms with Gasteiger partial charge in [0.25, 0.3) is 0 Å². The Kier molecular flexibility index (Phi) is 2.54. The first-order valence-electron chi connectivity index (χ1n) is 5.15. The maximum Gasteiger partial charge on any atom is 0.223 e. The first kappa shape index (κ1) is 9.00. The molecule has 0 radical (unpaired) electrons. The van der Waals surface area contributed by atoms with E-state index in [1.807, 2.05) is 0 Å². The Labute approximate surface area is 78.8 Å². The van der Waals surface area contributed by atoms with E-state index < -0.39 is 0 Å². The van der Waals surface area contributed by atoms with E-state index in [1.54, 1.807) is 0 Å². The van der Waals surface area contributed by atoms with Gasteiger partial charge < -0.3 is 10.1 Å². The lowest BCUT2D eigenvalue weighted by molar-refractivity contribution is -0.124. The van der Waals surface area contributed by atoms with Gasteiger partial charge in [0.1, 0.15) is 0 Å². The van der Waals surface area contributed by atoms with Crippen molar-refractivity contribution in [1.29, 1.82) is 0 Å². The molecule has 0 bridgehead atoms. The molecule has 1 amide bonds. The maximum absolute atomic E-state index is 11.5. The molecule has 1 N–H and O–H groups in total. The normalized spacial score (nSPS) is 38.4. The molecule has 2 rings (SSSR count). The minimum absolute atomic E-state index is 0.239. The smallest absolute Gasteiger partial charge is 0.223 e. The molecule has 0 unspecified atom stereocenters. The lowest BCUT2D eigenvalue weighted by Crippen LogP contribution is -2.41. The van der Waals surface area contributed by atoms with Gasteiger partial charge in [-0.15, -0.1) is 0 Å². The average molecular weight is 183 g/mol. The van der Waals surface area contributed by atoms with Crippen molar-refractivity contribution in [3.05, 3.63) is 0 Å². The van der Waals surface area contributed by atoms with Crippen molar-refractivity contribution in [1.82, 2.24) is 5.32 Å². The molecule has 13 heavy (non-hydrogen) atoms. The predicted molar refractivity (Wildman–Crippen MR) is 49.3 cm³/mol. The topological polar surface area (TPSA) is 38.3 Å². The summed E-state index contributed by atoms with van der Waals surface area (Å²) in [6.07, 6.45) is 3.22. The molecular formula is C10H17NO2. The highest BCUT2D eigenvalue weighted by Crippen LogP contribution is 2.37. The molecule has 0 aromatic carbocycles. The summed E-state index contributed by atoms with van der Waals surface area (Å²) in [6.45, 7) is 3.68. The molecule has 0 aromatic rings. The van der Waals surface area contributed by atoms with Crippen molar-refractivity contribution in [3.63, 3.8) is 0 Å². The minimum Gasteiger partial charge on any atom is -0.379 e. The largest absolute Gasteiger partial charge is 0.379 e. The summed E-state index contributed by atoms with van der Waals surface area (Å²) in [6, 6.07) is 0.272.